The van der Waals surface area contributed by atoms with Crippen LogP contribution >= 0.6 is 0 Å². The third-order valence-corrected chi connectivity index (χ3v) is 11.4. The first kappa shape index (κ1) is 26.0. The molecule has 0 aromatic rings. The lowest BCUT2D eigenvalue weighted by Crippen LogP contribution is -2.50. The highest BCUT2D eigenvalue weighted by Gasteiger charge is 2.55. The van der Waals surface area contributed by atoms with Gasteiger partial charge in [0.1, 0.15) is 0 Å². The van der Waals surface area contributed by atoms with Gasteiger partial charge >= 0.3 is 0 Å². The van der Waals surface area contributed by atoms with Gasteiger partial charge < -0.3 is 5.32 Å². The van der Waals surface area contributed by atoms with Crippen molar-refractivity contribution in [1.29, 1.82) is 0 Å². The Bertz CT molecular complexity index is 543. The van der Waals surface area contributed by atoms with Crippen molar-refractivity contribution in [2.24, 2.45) is 40.9 Å². The van der Waals surface area contributed by atoms with E-state index in [0.29, 0.717) is 0 Å². The summed E-state index contributed by atoms with van der Waals surface area (Å²) in [6, 6.07) is 0. The van der Waals surface area contributed by atoms with Gasteiger partial charge in [-0.3, -0.25) is 0 Å². The molecule has 0 spiro atoms. The zero-order valence-electron chi connectivity index (χ0n) is 22.7. The molecule has 4 saturated carbocycles. The predicted octanol–water partition coefficient (Wildman–Crippen LogP) is 9.55. The molecular formula is C32H59N. The van der Waals surface area contributed by atoms with Crippen molar-refractivity contribution in [3.05, 3.63) is 0 Å². The number of hydrogen-bond acceptors (Lipinski definition) is 1. The molecule has 1 nitrogen and oxygen atoms in total. The summed E-state index contributed by atoms with van der Waals surface area (Å²) in [7, 11) is 0. The quantitative estimate of drug-likeness (QED) is 0.256. The molecule has 7 atom stereocenters. The monoisotopic (exact) mass is 457 g/mol. The van der Waals surface area contributed by atoms with E-state index in [1.54, 1.807) is 51.4 Å². The summed E-state index contributed by atoms with van der Waals surface area (Å²) in [5.41, 5.74) is 0.727. The number of rotatable bonds is 14. The molecular weight excluding hydrogens is 398 g/mol. The van der Waals surface area contributed by atoms with E-state index >= 15 is 0 Å². The molecule has 1 N–H and O–H groups in total. The summed E-state index contributed by atoms with van der Waals surface area (Å²) < 4.78 is 0. The van der Waals surface area contributed by atoms with Gasteiger partial charge in [-0.1, -0.05) is 84.5 Å². The van der Waals surface area contributed by atoms with Gasteiger partial charge in [0.2, 0.25) is 0 Å². The number of nitrogens with one attached hydrogen (secondary N) is 1. The first-order valence-corrected chi connectivity index (χ1v) is 15.9. The van der Waals surface area contributed by atoms with Crippen molar-refractivity contribution < 1.29 is 0 Å². The van der Waals surface area contributed by atoms with Crippen molar-refractivity contribution in [2.75, 3.05) is 13.1 Å². The van der Waals surface area contributed by atoms with Gasteiger partial charge in [-0.25, -0.2) is 0 Å². The number of fused-ring (bicyclic) bond motifs is 5. The van der Waals surface area contributed by atoms with Gasteiger partial charge in [-0.15, -0.1) is 0 Å². The van der Waals surface area contributed by atoms with Crippen LogP contribution in [0.2, 0.25) is 0 Å². The maximum absolute atomic E-state index is 3.75. The number of unbranched alkanes of at least 4 members (excludes halogenated alkanes) is 8. The molecule has 4 fully saturated rings. The van der Waals surface area contributed by atoms with E-state index in [0.717, 1.165) is 40.9 Å². The van der Waals surface area contributed by atoms with Crippen LogP contribution in [0.3, 0.4) is 0 Å². The summed E-state index contributed by atoms with van der Waals surface area (Å²) >= 11 is 0. The molecule has 5 unspecified atom stereocenters. The molecule has 4 aliphatic carbocycles. The van der Waals surface area contributed by atoms with E-state index in [4.69, 9.17) is 0 Å². The maximum Gasteiger partial charge on any atom is -0.00489 e. The van der Waals surface area contributed by atoms with Crippen LogP contribution in [0.1, 0.15) is 149 Å². The van der Waals surface area contributed by atoms with E-state index in [9.17, 15) is 0 Å². The molecule has 33 heavy (non-hydrogen) atoms. The largest absolute Gasteiger partial charge is 0.317 e. The fourth-order valence-corrected chi connectivity index (χ4v) is 9.59. The maximum atomic E-state index is 3.75. The summed E-state index contributed by atoms with van der Waals surface area (Å²) in [5, 5.41) is 3.75. The third-order valence-electron chi connectivity index (χ3n) is 11.4. The van der Waals surface area contributed by atoms with Crippen LogP contribution in [0.25, 0.3) is 0 Å². The fourth-order valence-electron chi connectivity index (χ4n) is 9.59. The third kappa shape index (κ3) is 6.59. The normalized spacial score (nSPS) is 38.0. The van der Waals surface area contributed by atoms with E-state index in [2.05, 4.69) is 19.2 Å². The smallest absolute Gasteiger partial charge is 0.00489 e. The number of hydrogen-bond donors (Lipinski definition) is 1. The van der Waals surface area contributed by atoms with Crippen molar-refractivity contribution >= 4 is 0 Å². The first-order valence-electron chi connectivity index (χ1n) is 15.9. The van der Waals surface area contributed by atoms with E-state index in [1.165, 1.54) is 96.6 Å². The molecule has 0 aromatic heterocycles. The Hall–Kier alpha value is -0.0400. The Balaban J connectivity index is 1.07. The molecule has 0 aliphatic heterocycles. The summed E-state index contributed by atoms with van der Waals surface area (Å²) in [6.45, 7) is 7.57. The lowest BCUT2D eigenvalue weighted by Gasteiger charge is -2.58. The SMILES string of the molecule is CCCCCCCCCCNCCCC[C@H]1CCC2C3CCC4CCCC[C@]4(C)C3CCC21. The lowest BCUT2D eigenvalue weighted by molar-refractivity contribution is -0.0871. The highest BCUT2D eigenvalue weighted by Crippen LogP contribution is 2.64. The van der Waals surface area contributed by atoms with Crippen LogP contribution in [0.5, 0.6) is 0 Å². The van der Waals surface area contributed by atoms with Crippen molar-refractivity contribution in [3.63, 3.8) is 0 Å². The Morgan fingerprint density at radius 3 is 2.15 bits per heavy atom. The Kier molecular flexibility index (Phi) is 10.5. The van der Waals surface area contributed by atoms with Crippen molar-refractivity contribution in [1.82, 2.24) is 5.32 Å². The van der Waals surface area contributed by atoms with Crippen LogP contribution in [-0.4, -0.2) is 13.1 Å². The van der Waals surface area contributed by atoms with Crippen LogP contribution in [-0.2, 0) is 0 Å². The van der Waals surface area contributed by atoms with Crippen LogP contribution < -0.4 is 5.32 Å². The molecule has 0 heterocycles. The highest BCUT2D eigenvalue weighted by atomic mass is 14.8. The van der Waals surface area contributed by atoms with Gasteiger partial charge in [-0.05, 0) is 118 Å². The van der Waals surface area contributed by atoms with Gasteiger partial charge in [0.25, 0.3) is 0 Å². The highest BCUT2D eigenvalue weighted by molar-refractivity contribution is 5.04. The molecule has 4 rings (SSSR count). The molecule has 4 aliphatic rings. The average molecular weight is 458 g/mol. The minimum Gasteiger partial charge on any atom is -0.317 e. The second-order valence-electron chi connectivity index (χ2n) is 13.3. The van der Waals surface area contributed by atoms with Gasteiger partial charge in [-0.2, -0.15) is 0 Å². The average Bonchev–Trinajstić information content (AvgIpc) is 3.25. The second kappa shape index (κ2) is 13.3. The standard InChI is InChI=1S/C32H59N/c1-3-4-5-6-7-8-9-13-24-33-25-14-11-15-26-17-19-29-28(26)21-22-31-30(29)20-18-27-16-10-12-23-32(27,31)2/h26-31,33H,3-25H2,1-2H3/t26-,27?,28?,29?,30?,31?,32-/m0/s1. The van der Waals surface area contributed by atoms with Crippen LogP contribution in [0.15, 0.2) is 0 Å². The molecule has 0 amide bonds. The lowest BCUT2D eigenvalue weighted by atomic mass is 9.47. The van der Waals surface area contributed by atoms with Crippen LogP contribution in [0.4, 0.5) is 0 Å². The first-order chi connectivity index (χ1) is 16.2. The minimum atomic E-state index is 0.727. The molecule has 1 heteroatoms. The molecule has 0 bridgehead atoms. The van der Waals surface area contributed by atoms with Crippen LogP contribution in [0, 0.1) is 40.9 Å². The Labute approximate surface area is 208 Å². The predicted molar refractivity (Wildman–Crippen MR) is 145 cm³/mol. The second-order valence-corrected chi connectivity index (χ2v) is 13.3. The van der Waals surface area contributed by atoms with Gasteiger partial charge in [0.05, 0.1) is 0 Å². The van der Waals surface area contributed by atoms with E-state index in [1.807, 2.05) is 0 Å². The zero-order valence-corrected chi connectivity index (χ0v) is 22.7. The van der Waals surface area contributed by atoms with Crippen molar-refractivity contribution in [2.45, 2.75) is 149 Å². The zero-order chi connectivity index (χ0) is 22.9. The summed E-state index contributed by atoms with van der Waals surface area (Å²) in [5.74, 6) is 6.60. The topological polar surface area (TPSA) is 12.0 Å². The van der Waals surface area contributed by atoms with Gasteiger partial charge in [0, 0.05) is 0 Å². The van der Waals surface area contributed by atoms with Gasteiger partial charge in [0.15, 0.2) is 0 Å². The minimum absolute atomic E-state index is 0.727. The Morgan fingerprint density at radius 1 is 0.636 bits per heavy atom. The van der Waals surface area contributed by atoms with E-state index < -0.39 is 0 Å². The Morgan fingerprint density at radius 2 is 1.33 bits per heavy atom. The summed E-state index contributed by atoms with van der Waals surface area (Å²) in [4.78, 5) is 0. The molecule has 0 aromatic carbocycles. The molecule has 0 saturated heterocycles. The fraction of sp³-hybridized carbons (Fsp3) is 1.00. The van der Waals surface area contributed by atoms with Crippen molar-refractivity contribution in [3.8, 4) is 0 Å². The summed E-state index contributed by atoms with van der Waals surface area (Å²) in [6.07, 6.45) is 31.6. The molecule has 0 radical (unpaired) electrons. The molecule has 192 valence electrons. The van der Waals surface area contributed by atoms with E-state index in [-0.39, 0.29) is 0 Å².